The van der Waals surface area contributed by atoms with E-state index < -0.39 is 5.63 Å². The van der Waals surface area contributed by atoms with Crippen LogP contribution in [0, 0.1) is 6.92 Å². The fourth-order valence-corrected chi connectivity index (χ4v) is 4.37. The highest BCUT2D eigenvalue weighted by molar-refractivity contribution is 5.86. The van der Waals surface area contributed by atoms with Gasteiger partial charge in [0.25, 0.3) is 0 Å². The van der Waals surface area contributed by atoms with Crippen LogP contribution in [0.3, 0.4) is 0 Å². The molecule has 0 unspecified atom stereocenters. The third kappa shape index (κ3) is 4.09. The lowest BCUT2D eigenvalue weighted by molar-refractivity contribution is -0.132. The smallest absolute Gasteiger partial charge is 0.340 e. The van der Waals surface area contributed by atoms with Gasteiger partial charge in [0.05, 0.1) is 18.6 Å². The molecule has 1 amide bonds. The predicted molar refractivity (Wildman–Crippen MR) is 114 cm³/mol. The minimum absolute atomic E-state index is 0.0464. The van der Waals surface area contributed by atoms with Crippen LogP contribution in [0.15, 0.2) is 21.3 Å². The Bertz CT molecular complexity index is 1020. The Hall–Kier alpha value is -2.38. The minimum atomic E-state index is -0.456. The molecule has 1 aromatic carbocycles. The normalized spacial score (nSPS) is 18.9. The summed E-state index contributed by atoms with van der Waals surface area (Å²) >= 11 is 0. The highest BCUT2D eigenvalue weighted by atomic mass is 16.5. The minimum Gasteiger partial charge on any atom is -0.487 e. The molecular weight excluding hydrogens is 384 g/mol. The molecule has 30 heavy (non-hydrogen) atoms. The zero-order valence-electron chi connectivity index (χ0n) is 18.0. The van der Waals surface area contributed by atoms with Crippen molar-refractivity contribution in [2.45, 2.75) is 45.6 Å². The Morgan fingerprint density at radius 1 is 1.20 bits per heavy atom. The lowest BCUT2D eigenvalue weighted by Crippen LogP contribution is -2.49. The zero-order valence-corrected chi connectivity index (χ0v) is 18.0. The second kappa shape index (κ2) is 8.04. The molecule has 2 aromatic rings. The summed E-state index contributed by atoms with van der Waals surface area (Å²) in [5.41, 5.74) is 2.16. The van der Waals surface area contributed by atoms with E-state index in [-0.39, 0.29) is 24.5 Å². The Balaban J connectivity index is 1.58. The topological polar surface area (TPSA) is 83.2 Å². The maximum atomic E-state index is 12.8. The number of aliphatic hydroxyl groups excluding tert-OH is 1. The number of carbonyl (C=O) groups is 1. The fraction of sp³-hybridized carbons (Fsp3) is 0.565. The van der Waals surface area contributed by atoms with E-state index in [2.05, 4.69) is 18.7 Å². The molecule has 0 aliphatic carbocycles. The van der Waals surface area contributed by atoms with Gasteiger partial charge in [-0.05, 0) is 50.8 Å². The highest BCUT2D eigenvalue weighted by Gasteiger charge is 2.28. The summed E-state index contributed by atoms with van der Waals surface area (Å²) in [7, 11) is 0. The first-order chi connectivity index (χ1) is 14.3. The van der Waals surface area contributed by atoms with Crippen LogP contribution in [-0.4, -0.2) is 65.7 Å². The Morgan fingerprint density at radius 3 is 2.63 bits per heavy atom. The Labute approximate surface area is 176 Å². The standard InChI is InChI=1S/C23H30N2O5/c1-15-17-12-16-4-5-23(2,3)30-19(16)14-20(17)29-22(28)18(15)13-21(27)25-8-6-24(7-9-25)10-11-26/h12,14,26H,4-11,13H2,1-3H3. The number of rotatable bonds is 4. The van der Waals surface area contributed by atoms with Crippen LogP contribution in [0.2, 0.25) is 0 Å². The van der Waals surface area contributed by atoms with Crippen LogP contribution in [0.4, 0.5) is 0 Å². The van der Waals surface area contributed by atoms with Crippen LogP contribution in [-0.2, 0) is 17.6 Å². The second-order valence-electron chi connectivity index (χ2n) is 8.93. The number of benzene rings is 1. The van der Waals surface area contributed by atoms with Crippen LogP contribution >= 0.6 is 0 Å². The predicted octanol–water partition coefficient (Wildman–Crippen LogP) is 1.88. The van der Waals surface area contributed by atoms with E-state index >= 15 is 0 Å². The molecule has 1 saturated heterocycles. The van der Waals surface area contributed by atoms with Gasteiger partial charge in [0.15, 0.2) is 0 Å². The molecule has 3 heterocycles. The van der Waals surface area contributed by atoms with Gasteiger partial charge in [-0.3, -0.25) is 9.69 Å². The van der Waals surface area contributed by atoms with Gasteiger partial charge in [0, 0.05) is 44.2 Å². The van der Waals surface area contributed by atoms with Gasteiger partial charge in [0.2, 0.25) is 5.91 Å². The molecular formula is C23H30N2O5. The molecule has 2 aliphatic rings. The summed E-state index contributed by atoms with van der Waals surface area (Å²) in [4.78, 5) is 29.4. The van der Waals surface area contributed by atoms with E-state index in [1.807, 2.05) is 19.1 Å². The third-order valence-corrected chi connectivity index (χ3v) is 6.32. The maximum Gasteiger partial charge on any atom is 0.340 e. The largest absolute Gasteiger partial charge is 0.487 e. The van der Waals surface area contributed by atoms with Gasteiger partial charge >= 0.3 is 5.63 Å². The van der Waals surface area contributed by atoms with Crippen LogP contribution in [0.25, 0.3) is 11.0 Å². The molecule has 0 atom stereocenters. The van der Waals surface area contributed by atoms with Crippen molar-refractivity contribution in [3.8, 4) is 5.75 Å². The Morgan fingerprint density at radius 2 is 1.93 bits per heavy atom. The molecule has 162 valence electrons. The van der Waals surface area contributed by atoms with Crippen molar-refractivity contribution in [2.75, 3.05) is 39.3 Å². The number of hydrogen-bond acceptors (Lipinski definition) is 6. The van der Waals surface area contributed by atoms with Crippen molar-refractivity contribution >= 4 is 16.9 Å². The van der Waals surface area contributed by atoms with Crippen molar-refractivity contribution in [1.82, 2.24) is 9.80 Å². The molecule has 0 saturated carbocycles. The first-order valence-corrected chi connectivity index (χ1v) is 10.7. The van der Waals surface area contributed by atoms with E-state index in [9.17, 15) is 9.59 Å². The van der Waals surface area contributed by atoms with E-state index in [1.54, 1.807) is 4.90 Å². The van der Waals surface area contributed by atoms with Gasteiger partial charge in [-0.15, -0.1) is 0 Å². The molecule has 7 heteroatoms. The number of β-amino-alcohol motifs (C(OH)–C–C–N with tert-alkyl or cyclic N) is 1. The summed E-state index contributed by atoms with van der Waals surface area (Å²) in [6, 6.07) is 3.85. The molecule has 1 N–H and O–H groups in total. The van der Waals surface area contributed by atoms with Gasteiger partial charge < -0.3 is 19.2 Å². The fourth-order valence-electron chi connectivity index (χ4n) is 4.37. The number of hydrogen-bond donors (Lipinski definition) is 1. The van der Waals surface area contributed by atoms with Gasteiger partial charge in [-0.25, -0.2) is 4.79 Å². The summed E-state index contributed by atoms with van der Waals surface area (Å²) < 4.78 is 11.7. The van der Waals surface area contributed by atoms with Crippen molar-refractivity contribution < 1.29 is 19.1 Å². The van der Waals surface area contributed by atoms with Crippen LogP contribution in [0.5, 0.6) is 5.75 Å². The average molecular weight is 415 g/mol. The van der Waals surface area contributed by atoms with Crippen molar-refractivity contribution in [2.24, 2.45) is 0 Å². The first kappa shape index (κ1) is 20.9. The van der Waals surface area contributed by atoms with Crippen LogP contribution in [0.1, 0.15) is 37.0 Å². The second-order valence-corrected chi connectivity index (χ2v) is 8.93. The van der Waals surface area contributed by atoms with Gasteiger partial charge in [-0.2, -0.15) is 0 Å². The van der Waals surface area contributed by atoms with Gasteiger partial charge in [-0.1, -0.05) is 0 Å². The molecule has 4 rings (SSSR count). The van der Waals surface area contributed by atoms with Crippen LogP contribution < -0.4 is 10.4 Å². The SMILES string of the molecule is Cc1c(CC(=O)N2CCN(CCO)CC2)c(=O)oc2cc3c(cc12)CCC(C)(C)O3. The van der Waals surface area contributed by atoms with E-state index in [1.165, 1.54) is 0 Å². The number of aliphatic hydroxyl groups is 1. The number of ether oxygens (including phenoxy) is 1. The summed E-state index contributed by atoms with van der Waals surface area (Å²) in [5, 5.41) is 9.93. The van der Waals surface area contributed by atoms with Crippen molar-refractivity contribution in [3.05, 3.63) is 39.2 Å². The molecule has 0 spiro atoms. The quantitative estimate of drug-likeness (QED) is 0.770. The lowest BCUT2D eigenvalue weighted by Gasteiger charge is -2.34. The molecule has 1 fully saturated rings. The monoisotopic (exact) mass is 414 g/mol. The van der Waals surface area contributed by atoms with E-state index in [0.29, 0.717) is 30.8 Å². The van der Waals surface area contributed by atoms with E-state index in [4.69, 9.17) is 14.3 Å². The maximum absolute atomic E-state index is 12.8. The molecule has 0 bridgehead atoms. The van der Waals surface area contributed by atoms with E-state index in [0.717, 1.165) is 48.2 Å². The summed E-state index contributed by atoms with van der Waals surface area (Å²) in [6.07, 6.45) is 1.88. The summed E-state index contributed by atoms with van der Waals surface area (Å²) in [5.74, 6) is 0.710. The van der Waals surface area contributed by atoms with Crippen molar-refractivity contribution in [1.29, 1.82) is 0 Å². The number of amides is 1. The molecule has 0 radical (unpaired) electrons. The first-order valence-electron chi connectivity index (χ1n) is 10.7. The third-order valence-electron chi connectivity index (χ3n) is 6.32. The number of carbonyl (C=O) groups excluding carboxylic acids is 1. The summed E-state index contributed by atoms with van der Waals surface area (Å²) in [6.45, 7) is 9.44. The number of piperazine rings is 1. The molecule has 1 aromatic heterocycles. The Kier molecular flexibility index (Phi) is 5.59. The zero-order chi connectivity index (χ0) is 21.5. The van der Waals surface area contributed by atoms with Gasteiger partial charge in [0.1, 0.15) is 16.9 Å². The number of aryl methyl sites for hydroxylation is 2. The lowest BCUT2D eigenvalue weighted by atomic mass is 9.92. The average Bonchev–Trinajstić information content (AvgIpc) is 2.70. The molecule has 7 nitrogen and oxygen atoms in total. The molecule has 2 aliphatic heterocycles. The number of fused-ring (bicyclic) bond motifs is 2. The number of nitrogens with zero attached hydrogens (tertiary/aromatic N) is 2. The highest BCUT2D eigenvalue weighted by Crippen LogP contribution is 2.36. The van der Waals surface area contributed by atoms with Crippen molar-refractivity contribution in [3.63, 3.8) is 0 Å².